The number of rotatable bonds is 5. The molecule has 2 amide bonds. The summed E-state index contributed by atoms with van der Waals surface area (Å²) < 4.78 is 6.52. The number of amides is 2. The van der Waals surface area contributed by atoms with E-state index in [0.29, 0.717) is 43.5 Å². The molecule has 1 saturated heterocycles. The van der Waals surface area contributed by atoms with Gasteiger partial charge in [-0.3, -0.25) is 14.4 Å². The summed E-state index contributed by atoms with van der Waals surface area (Å²) in [5.41, 5.74) is 1.36. The van der Waals surface area contributed by atoms with Crippen molar-refractivity contribution in [3.63, 3.8) is 0 Å². The molecule has 1 atom stereocenters. The van der Waals surface area contributed by atoms with Gasteiger partial charge in [0.05, 0.1) is 30.2 Å². The normalized spacial score (nSPS) is 17.6. The van der Waals surface area contributed by atoms with Gasteiger partial charge in [-0.05, 0) is 38.0 Å². The number of nitrogens with zero attached hydrogens (tertiary/aromatic N) is 3. The highest BCUT2D eigenvalue weighted by Gasteiger charge is 2.28. The standard InChI is InChI=1S/C21H24N4O4/c1-14(25-19(26)9-8-17(23-25)15-6-7-15)20(27)22-18-5-3-2-4-16(18)21(28)24-10-12-29-13-11-24/h2-5,8-9,14-15H,6-7,10-13H2,1H3,(H,22,27). The second-order valence-electron chi connectivity index (χ2n) is 7.43. The molecule has 8 nitrogen and oxygen atoms in total. The summed E-state index contributed by atoms with van der Waals surface area (Å²) in [7, 11) is 0. The average molecular weight is 396 g/mol. The van der Waals surface area contributed by atoms with E-state index in [1.165, 1.54) is 10.7 Å². The third-order valence-corrected chi connectivity index (χ3v) is 5.30. The van der Waals surface area contributed by atoms with E-state index in [1.54, 1.807) is 42.2 Å². The van der Waals surface area contributed by atoms with Gasteiger partial charge in [-0.25, -0.2) is 4.68 Å². The fourth-order valence-corrected chi connectivity index (χ4v) is 3.38. The Morgan fingerprint density at radius 3 is 2.59 bits per heavy atom. The molecule has 1 aliphatic heterocycles. The van der Waals surface area contributed by atoms with E-state index < -0.39 is 11.9 Å². The molecule has 2 fully saturated rings. The van der Waals surface area contributed by atoms with Crippen LogP contribution in [0.5, 0.6) is 0 Å². The molecular formula is C21H24N4O4. The minimum absolute atomic E-state index is 0.150. The van der Waals surface area contributed by atoms with Crippen molar-refractivity contribution in [3.05, 3.63) is 58.0 Å². The monoisotopic (exact) mass is 396 g/mol. The maximum absolute atomic E-state index is 12.9. The SMILES string of the molecule is CC(C(=O)Nc1ccccc1C(=O)N1CCOCC1)n1nc(C2CC2)ccc1=O. The molecule has 1 aromatic carbocycles. The summed E-state index contributed by atoms with van der Waals surface area (Å²) in [6.45, 7) is 3.68. The fourth-order valence-electron chi connectivity index (χ4n) is 3.38. The molecule has 1 aromatic heterocycles. The number of aromatic nitrogens is 2. The molecule has 2 heterocycles. The number of carbonyl (C=O) groups is 2. The van der Waals surface area contributed by atoms with Crippen LogP contribution in [0.15, 0.2) is 41.2 Å². The van der Waals surface area contributed by atoms with Gasteiger partial charge in [-0.15, -0.1) is 0 Å². The zero-order chi connectivity index (χ0) is 20.4. The van der Waals surface area contributed by atoms with Crippen LogP contribution in [0, 0.1) is 0 Å². The van der Waals surface area contributed by atoms with Crippen LogP contribution in [-0.2, 0) is 9.53 Å². The number of hydrogen-bond donors (Lipinski definition) is 1. The van der Waals surface area contributed by atoms with E-state index >= 15 is 0 Å². The molecule has 152 valence electrons. The zero-order valence-electron chi connectivity index (χ0n) is 16.3. The lowest BCUT2D eigenvalue weighted by atomic mass is 10.1. The van der Waals surface area contributed by atoms with Crippen LogP contribution < -0.4 is 10.9 Å². The van der Waals surface area contributed by atoms with Crippen molar-refractivity contribution in [2.24, 2.45) is 0 Å². The Bertz CT molecular complexity index is 977. The Morgan fingerprint density at radius 1 is 1.14 bits per heavy atom. The number of nitrogens with one attached hydrogen (secondary N) is 1. The molecule has 29 heavy (non-hydrogen) atoms. The molecule has 0 spiro atoms. The fraction of sp³-hybridized carbons (Fsp3) is 0.429. The smallest absolute Gasteiger partial charge is 0.267 e. The number of hydrogen-bond acceptors (Lipinski definition) is 5. The Kier molecular flexibility index (Phi) is 5.44. The van der Waals surface area contributed by atoms with Crippen LogP contribution in [0.4, 0.5) is 5.69 Å². The second-order valence-corrected chi connectivity index (χ2v) is 7.43. The van der Waals surface area contributed by atoms with E-state index in [9.17, 15) is 14.4 Å². The third kappa shape index (κ3) is 4.22. The average Bonchev–Trinajstić information content (AvgIpc) is 3.59. The minimum atomic E-state index is -0.798. The lowest BCUT2D eigenvalue weighted by molar-refractivity contribution is -0.119. The third-order valence-electron chi connectivity index (χ3n) is 5.30. The van der Waals surface area contributed by atoms with Gasteiger partial charge in [0.15, 0.2) is 0 Å². The largest absolute Gasteiger partial charge is 0.378 e. The highest BCUT2D eigenvalue weighted by molar-refractivity contribution is 6.04. The predicted octanol–water partition coefficient (Wildman–Crippen LogP) is 1.79. The number of benzene rings is 1. The van der Waals surface area contributed by atoms with Crippen molar-refractivity contribution in [1.29, 1.82) is 0 Å². The van der Waals surface area contributed by atoms with E-state index in [2.05, 4.69) is 10.4 Å². The summed E-state index contributed by atoms with van der Waals surface area (Å²) in [6.07, 6.45) is 2.12. The summed E-state index contributed by atoms with van der Waals surface area (Å²) in [5, 5.41) is 7.19. The first-order valence-electron chi connectivity index (χ1n) is 9.91. The van der Waals surface area contributed by atoms with Crippen molar-refractivity contribution in [2.75, 3.05) is 31.6 Å². The summed E-state index contributed by atoms with van der Waals surface area (Å²) in [4.78, 5) is 39.7. The van der Waals surface area contributed by atoms with Gasteiger partial charge in [-0.1, -0.05) is 12.1 Å². The molecular weight excluding hydrogens is 372 g/mol. The molecule has 2 aliphatic rings. The van der Waals surface area contributed by atoms with Crippen molar-refractivity contribution < 1.29 is 14.3 Å². The molecule has 4 rings (SSSR count). The highest BCUT2D eigenvalue weighted by atomic mass is 16.5. The van der Waals surface area contributed by atoms with E-state index in [0.717, 1.165) is 18.5 Å². The van der Waals surface area contributed by atoms with E-state index in [4.69, 9.17) is 4.74 Å². The van der Waals surface area contributed by atoms with Crippen molar-refractivity contribution in [3.8, 4) is 0 Å². The summed E-state index contributed by atoms with van der Waals surface area (Å²) >= 11 is 0. The molecule has 1 unspecified atom stereocenters. The number of ether oxygens (including phenoxy) is 1. The highest BCUT2D eigenvalue weighted by Crippen LogP contribution is 2.38. The first-order valence-corrected chi connectivity index (χ1v) is 9.91. The van der Waals surface area contributed by atoms with Gasteiger partial charge in [-0.2, -0.15) is 5.10 Å². The van der Waals surface area contributed by atoms with Crippen LogP contribution >= 0.6 is 0 Å². The number of morpholine rings is 1. The van der Waals surface area contributed by atoms with Crippen molar-refractivity contribution >= 4 is 17.5 Å². The van der Waals surface area contributed by atoms with Crippen LogP contribution in [0.3, 0.4) is 0 Å². The van der Waals surface area contributed by atoms with Crippen molar-refractivity contribution in [2.45, 2.75) is 31.7 Å². The van der Waals surface area contributed by atoms with Gasteiger partial charge >= 0.3 is 0 Å². The van der Waals surface area contributed by atoms with E-state index in [1.807, 2.05) is 0 Å². The van der Waals surface area contributed by atoms with Gasteiger partial charge in [0, 0.05) is 25.1 Å². The topological polar surface area (TPSA) is 93.5 Å². The van der Waals surface area contributed by atoms with Crippen LogP contribution in [0.25, 0.3) is 0 Å². The van der Waals surface area contributed by atoms with Crippen LogP contribution in [-0.4, -0.2) is 52.8 Å². The molecule has 1 aliphatic carbocycles. The Labute approximate surface area is 168 Å². The Hall–Kier alpha value is -3.00. The Balaban J connectivity index is 1.53. The van der Waals surface area contributed by atoms with Crippen LogP contribution in [0.1, 0.15) is 47.8 Å². The predicted molar refractivity (Wildman–Crippen MR) is 107 cm³/mol. The van der Waals surface area contributed by atoms with Gasteiger partial charge in [0.25, 0.3) is 11.5 Å². The molecule has 0 bridgehead atoms. The molecule has 2 aromatic rings. The molecule has 8 heteroatoms. The molecule has 0 radical (unpaired) electrons. The Morgan fingerprint density at radius 2 is 1.86 bits per heavy atom. The van der Waals surface area contributed by atoms with Gasteiger partial charge < -0.3 is 15.0 Å². The summed E-state index contributed by atoms with van der Waals surface area (Å²) in [5.74, 6) is -0.165. The number of carbonyl (C=O) groups excluding carboxylic acids is 2. The molecule has 1 saturated carbocycles. The quantitative estimate of drug-likeness (QED) is 0.832. The number of para-hydroxylation sites is 1. The summed E-state index contributed by atoms with van der Waals surface area (Å²) in [6, 6.07) is 9.29. The second kappa shape index (κ2) is 8.16. The van der Waals surface area contributed by atoms with Gasteiger partial charge in [0.2, 0.25) is 5.91 Å². The van der Waals surface area contributed by atoms with Crippen molar-refractivity contribution in [1.82, 2.24) is 14.7 Å². The lowest BCUT2D eigenvalue weighted by Gasteiger charge is -2.27. The van der Waals surface area contributed by atoms with E-state index in [-0.39, 0.29) is 11.5 Å². The first kappa shape index (κ1) is 19.3. The van der Waals surface area contributed by atoms with Crippen LogP contribution in [0.2, 0.25) is 0 Å². The zero-order valence-corrected chi connectivity index (χ0v) is 16.3. The number of anilines is 1. The molecule has 1 N–H and O–H groups in total. The van der Waals surface area contributed by atoms with Gasteiger partial charge in [0.1, 0.15) is 6.04 Å². The first-order chi connectivity index (χ1) is 14.0. The lowest BCUT2D eigenvalue weighted by Crippen LogP contribution is -2.41. The maximum Gasteiger partial charge on any atom is 0.267 e. The minimum Gasteiger partial charge on any atom is -0.378 e. The maximum atomic E-state index is 12.9.